The van der Waals surface area contributed by atoms with Gasteiger partial charge in [0, 0.05) is 41.5 Å². The fourth-order valence-electron chi connectivity index (χ4n) is 2.73. The predicted molar refractivity (Wildman–Crippen MR) is 102 cm³/mol. The molecule has 0 radical (unpaired) electrons. The molecule has 8 heteroatoms. The number of nitrogens with zero attached hydrogens (tertiary/aromatic N) is 6. The Kier molecular flexibility index (Phi) is 4.46. The first-order chi connectivity index (χ1) is 12.2. The molecule has 0 aliphatic rings. The van der Waals surface area contributed by atoms with Gasteiger partial charge in [-0.15, -0.1) is 26.6 Å². The Balaban J connectivity index is 1.67. The number of aromatic nitrogens is 5. The summed E-state index contributed by atoms with van der Waals surface area (Å²) in [6.07, 6.45) is 2.77. The van der Waals surface area contributed by atoms with Gasteiger partial charge in [0.05, 0.1) is 5.01 Å². The van der Waals surface area contributed by atoms with Crippen molar-refractivity contribution in [1.29, 1.82) is 0 Å². The molecule has 6 nitrogen and oxygen atoms in total. The van der Waals surface area contributed by atoms with Crippen LogP contribution in [0, 0.1) is 0 Å². The summed E-state index contributed by atoms with van der Waals surface area (Å²) in [6, 6.07) is 6.37. The average molecular weight is 371 g/mol. The minimum absolute atomic E-state index is 0.339. The SMILES string of the molecule is CC(C)N(CCc1nccs1)c1ccc2nnc(-c3ccsc3)n2n1. The molecule has 4 heterocycles. The fraction of sp³-hybridized carbons (Fsp3) is 0.294. The molecule has 0 unspecified atom stereocenters. The molecule has 0 N–H and O–H groups in total. The van der Waals surface area contributed by atoms with E-state index in [0.29, 0.717) is 6.04 Å². The van der Waals surface area contributed by atoms with Crippen LogP contribution in [0.4, 0.5) is 5.82 Å². The van der Waals surface area contributed by atoms with Gasteiger partial charge in [0.15, 0.2) is 11.5 Å². The van der Waals surface area contributed by atoms with E-state index in [0.717, 1.165) is 40.8 Å². The van der Waals surface area contributed by atoms with Crippen molar-refractivity contribution in [3.05, 3.63) is 45.5 Å². The zero-order valence-electron chi connectivity index (χ0n) is 14.0. The number of hydrogen-bond donors (Lipinski definition) is 0. The first kappa shape index (κ1) is 16.2. The molecule has 0 bridgehead atoms. The number of thiophene rings is 1. The van der Waals surface area contributed by atoms with Crippen LogP contribution < -0.4 is 4.90 Å². The number of rotatable bonds is 6. The quantitative estimate of drug-likeness (QED) is 0.517. The highest BCUT2D eigenvalue weighted by Gasteiger charge is 2.16. The first-order valence-corrected chi connectivity index (χ1v) is 9.94. The highest BCUT2D eigenvalue weighted by molar-refractivity contribution is 7.09. The van der Waals surface area contributed by atoms with E-state index in [4.69, 9.17) is 5.10 Å². The normalized spacial score (nSPS) is 11.5. The van der Waals surface area contributed by atoms with Gasteiger partial charge in [-0.1, -0.05) is 0 Å². The summed E-state index contributed by atoms with van der Waals surface area (Å²) in [6.45, 7) is 5.24. The Morgan fingerprint density at radius 3 is 2.80 bits per heavy atom. The molecule has 4 rings (SSSR count). The summed E-state index contributed by atoms with van der Waals surface area (Å²) < 4.78 is 1.83. The van der Waals surface area contributed by atoms with Crippen LogP contribution in [-0.2, 0) is 6.42 Å². The van der Waals surface area contributed by atoms with Crippen LogP contribution in [0.2, 0.25) is 0 Å². The number of thiazole rings is 1. The Labute approximate surface area is 153 Å². The molecule has 0 aromatic carbocycles. The van der Waals surface area contributed by atoms with Gasteiger partial charge in [-0.2, -0.15) is 15.9 Å². The average Bonchev–Trinajstić information content (AvgIpc) is 3.35. The molecule has 0 saturated heterocycles. The van der Waals surface area contributed by atoms with Crippen molar-refractivity contribution in [2.45, 2.75) is 26.3 Å². The standard InChI is InChI=1S/C17H18N6S2/c1-12(2)22(8-5-16-18-7-10-25-16)15-4-3-14-19-20-17(23(14)21-15)13-6-9-24-11-13/h3-4,6-7,9-12H,5,8H2,1-2H3. The second kappa shape index (κ2) is 6.89. The van der Waals surface area contributed by atoms with Gasteiger partial charge in [-0.25, -0.2) is 4.98 Å². The van der Waals surface area contributed by atoms with Gasteiger partial charge >= 0.3 is 0 Å². The van der Waals surface area contributed by atoms with Crippen molar-refractivity contribution in [3.8, 4) is 11.4 Å². The number of fused-ring (bicyclic) bond motifs is 1. The maximum absolute atomic E-state index is 4.82. The largest absolute Gasteiger partial charge is 0.352 e. The number of anilines is 1. The van der Waals surface area contributed by atoms with E-state index in [2.05, 4.69) is 39.3 Å². The second-order valence-corrected chi connectivity index (χ2v) is 7.72. The van der Waals surface area contributed by atoms with Gasteiger partial charge in [0.25, 0.3) is 0 Å². The number of hydrogen-bond acceptors (Lipinski definition) is 7. The summed E-state index contributed by atoms with van der Waals surface area (Å²) in [5.41, 5.74) is 1.80. The molecule has 4 aromatic heterocycles. The van der Waals surface area contributed by atoms with Crippen LogP contribution in [0.15, 0.2) is 40.5 Å². The van der Waals surface area contributed by atoms with E-state index in [1.807, 2.05) is 39.7 Å². The van der Waals surface area contributed by atoms with E-state index in [-0.39, 0.29) is 0 Å². The molecule has 0 fully saturated rings. The second-order valence-electron chi connectivity index (χ2n) is 5.96. The van der Waals surface area contributed by atoms with Crippen molar-refractivity contribution >= 4 is 34.1 Å². The molecule has 0 amide bonds. The van der Waals surface area contributed by atoms with Gasteiger partial charge in [-0.05, 0) is 37.4 Å². The molecule has 0 atom stereocenters. The molecule has 0 spiro atoms. The molecule has 25 heavy (non-hydrogen) atoms. The lowest BCUT2D eigenvalue weighted by molar-refractivity contribution is 0.659. The van der Waals surface area contributed by atoms with Crippen molar-refractivity contribution in [1.82, 2.24) is 24.8 Å². The minimum Gasteiger partial charge on any atom is -0.352 e. The summed E-state index contributed by atoms with van der Waals surface area (Å²) >= 11 is 3.34. The van der Waals surface area contributed by atoms with E-state index < -0.39 is 0 Å². The highest BCUT2D eigenvalue weighted by atomic mass is 32.1. The molecule has 0 saturated carbocycles. The maximum Gasteiger partial charge on any atom is 0.186 e. The monoisotopic (exact) mass is 370 g/mol. The fourth-order valence-corrected chi connectivity index (χ4v) is 3.98. The van der Waals surface area contributed by atoms with Crippen LogP contribution in [-0.4, -0.2) is 37.4 Å². The molecule has 128 valence electrons. The van der Waals surface area contributed by atoms with E-state index >= 15 is 0 Å². The third-order valence-corrected chi connectivity index (χ3v) is 5.52. The molecular formula is C17H18N6S2. The molecular weight excluding hydrogens is 352 g/mol. The van der Waals surface area contributed by atoms with Crippen molar-refractivity contribution in [2.24, 2.45) is 0 Å². The van der Waals surface area contributed by atoms with E-state index in [9.17, 15) is 0 Å². The highest BCUT2D eigenvalue weighted by Crippen LogP contribution is 2.22. The minimum atomic E-state index is 0.339. The van der Waals surface area contributed by atoms with Crippen molar-refractivity contribution in [3.63, 3.8) is 0 Å². The van der Waals surface area contributed by atoms with Crippen LogP contribution in [0.5, 0.6) is 0 Å². The van der Waals surface area contributed by atoms with Gasteiger partial charge < -0.3 is 4.90 Å². The zero-order valence-corrected chi connectivity index (χ0v) is 15.7. The van der Waals surface area contributed by atoms with Crippen LogP contribution >= 0.6 is 22.7 Å². The lowest BCUT2D eigenvalue weighted by atomic mass is 10.2. The van der Waals surface area contributed by atoms with Gasteiger partial charge in [0.2, 0.25) is 0 Å². The molecule has 0 aliphatic carbocycles. The predicted octanol–water partition coefficient (Wildman–Crippen LogP) is 3.77. The Hall–Kier alpha value is -2.32. The van der Waals surface area contributed by atoms with Crippen LogP contribution in [0.3, 0.4) is 0 Å². The lowest BCUT2D eigenvalue weighted by Crippen LogP contribution is -2.33. The summed E-state index contributed by atoms with van der Waals surface area (Å²) in [5.74, 6) is 1.71. The summed E-state index contributed by atoms with van der Waals surface area (Å²) in [4.78, 5) is 6.67. The van der Waals surface area contributed by atoms with Gasteiger partial charge in [0.1, 0.15) is 5.82 Å². The van der Waals surface area contributed by atoms with E-state index in [1.165, 1.54) is 0 Å². The third-order valence-electron chi connectivity index (χ3n) is 4.00. The van der Waals surface area contributed by atoms with Crippen molar-refractivity contribution in [2.75, 3.05) is 11.4 Å². The first-order valence-electron chi connectivity index (χ1n) is 8.12. The maximum atomic E-state index is 4.82. The van der Waals surface area contributed by atoms with E-state index in [1.54, 1.807) is 22.7 Å². The Morgan fingerprint density at radius 1 is 1.16 bits per heavy atom. The lowest BCUT2D eigenvalue weighted by Gasteiger charge is -2.27. The molecule has 0 aliphatic heterocycles. The van der Waals surface area contributed by atoms with Crippen LogP contribution in [0.1, 0.15) is 18.9 Å². The topological polar surface area (TPSA) is 59.2 Å². The Morgan fingerprint density at radius 2 is 2.08 bits per heavy atom. The third kappa shape index (κ3) is 3.27. The van der Waals surface area contributed by atoms with Crippen LogP contribution in [0.25, 0.3) is 17.0 Å². The Bertz CT molecular complexity index is 943. The molecule has 4 aromatic rings. The van der Waals surface area contributed by atoms with Crippen molar-refractivity contribution < 1.29 is 0 Å². The summed E-state index contributed by atoms with van der Waals surface area (Å²) in [7, 11) is 0. The smallest absolute Gasteiger partial charge is 0.186 e. The zero-order chi connectivity index (χ0) is 17.2. The summed E-state index contributed by atoms with van der Waals surface area (Å²) in [5, 5.41) is 20.6. The van der Waals surface area contributed by atoms with Gasteiger partial charge in [-0.3, -0.25) is 0 Å².